The standard InChI is InChI=1S/C29H33N3O6/c1-18-13-25(37-12-11-24(34)17-33)14-19(2)27(18)26-6-4-5-22(20(26)3)15-30-23-9-7-21(8-10-23)16-32-28(35)31-29(36)38-32/h4-10,13-14,24,30,33-34H,11-12,15-17H2,1-3H3,(H,31,35,36)/t24-/m0/s1. The van der Waals surface area contributed by atoms with Crippen molar-refractivity contribution >= 4 is 5.69 Å². The first-order valence-electron chi connectivity index (χ1n) is 12.5. The van der Waals surface area contributed by atoms with Gasteiger partial charge in [-0.25, -0.2) is 14.6 Å². The first-order chi connectivity index (χ1) is 18.2. The van der Waals surface area contributed by atoms with E-state index in [0.717, 1.165) is 38.4 Å². The number of aliphatic hydroxyl groups is 2. The summed E-state index contributed by atoms with van der Waals surface area (Å²) < 4.78 is 11.6. The van der Waals surface area contributed by atoms with E-state index in [1.165, 1.54) is 16.7 Å². The van der Waals surface area contributed by atoms with E-state index in [0.29, 0.717) is 19.6 Å². The number of anilines is 1. The van der Waals surface area contributed by atoms with Gasteiger partial charge in [-0.2, -0.15) is 0 Å². The summed E-state index contributed by atoms with van der Waals surface area (Å²) in [6, 6.07) is 17.9. The number of rotatable bonds is 11. The third-order valence-electron chi connectivity index (χ3n) is 6.54. The molecule has 0 aliphatic heterocycles. The van der Waals surface area contributed by atoms with Crippen molar-refractivity contribution in [1.29, 1.82) is 0 Å². The van der Waals surface area contributed by atoms with Gasteiger partial charge in [-0.3, -0.25) is 0 Å². The number of aliphatic hydroxyl groups excluding tert-OH is 2. The average molecular weight is 520 g/mol. The zero-order chi connectivity index (χ0) is 27.2. The minimum atomic E-state index is -0.770. The second kappa shape index (κ2) is 12.0. The van der Waals surface area contributed by atoms with Crippen LogP contribution < -0.4 is 21.5 Å². The van der Waals surface area contributed by atoms with Gasteiger partial charge in [0, 0.05) is 18.7 Å². The van der Waals surface area contributed by atoms with Crippen molar-refractivity contribution in [3.05, 3.63) is 103 Å². The predicted octanol–water partition coefficient (Wildman–Crippen LogP) is 3.50. The largest absolute Gasteiger partial charge is 0.493 e. The maximum atomic E-state index is 11.6. The van der Waals surface area contributed by atoms with Crippen LogP contribution in [0.3, 0.4) is 0 Å². The zero-order valence-electron chi connectivity index (χ0n) is 21.8. The first kappa shape index (κ1) is 27.0. The molecule has 4 rings (SSSR count). The lowest BCUT2D eigenvalue weighted by atomic mass is 9.90. The molecule has 0 aliphatic rings. The summed E-state index contributed by atoms with van der Waals surface area (Å²) in [6.07, 6.45) is -0.397. The van der Waals surface area contributed by atoms with E-state index in [1.807, 2.05) is 36.4 Å². The molecule has 1 aromatic heterocycles. The molecule has 0 amide bonds. The van der Waals surface area contributed by atoms with Crippen molar-refractivity contribution in [2.75, 3.05) is 18.5 Å². The number of aromatic nitrogens is 2. The number of aromatic amines is 1. The van der Waals surface area contributed by atoms with E-state index in [-0.39, 0.29) is 13.2 Å². The number of H-pyrrole nitrogens is 1. The number of nitrogens with zero attached hydrogens (tertiary/aromatic N) is 1. The van der Waals surface area contributed by atoms with E-state index in [1.54, 1.807) is 0 Å². The van der Waals surface area contributed by atoms with Crippen LogP contribution in [0.25, 0.3) is 11.1 Å². The minimum Gasteiger partial charge on any atom is -0.493 e. The van der Waals surface area contributed by atoms with E-state index >= 15 is 0 Å². The van der Waals surface area contributed by atoms with E-state index in [4.69, 9.17) is 14.4 Å². The zero-order valence-corrected chi connectivity index (χ0v) is 21.8. The lowest BCUT2D eigenvalue weighted by Gasteiger charge is -2.18. The monoisotopic (exact) mass is 519 g/mol. The molecule has 0 saturated carbocycles. The molecule has 9 heteroatoms. The number of nitrogens with one attached hydrogen (secondary N) is 2. The Morgan fingerprint density at radius 3 is 2.39 bits per heavy atom. The van der Waals surface area contributed by atoms with Crippen LogP contribution in [0.4, 0.5) is 5.69 Å². The fraction of sp³-hybridized carbons (Fsp3) is 0.310. The Kier molecular flexibility index (Phi) is 8.50. The van der Waals surface area contributed by atoms with Crippen LogP contribution in [0.2, 0.25) is 0 Å². The summed E-state index contributed by atoms with van der Waals surface area (Å²) in [4.78, 5) is 24.9. The topological polar surface area (TPSA) is 130 Å². The Hall–Kier alpha value is -4.08. The number of ether oxygens (including phenoxy) is 1. The summed E-state index contributed by atoms with van der Waals surface area (Å²) in [6.45, 7) is 7.13. The highest BCUT2D eigenvalue weighted by Crippen LogP contribution is 2.34. The van der Waals surface area contributed by atoms with Crippen LogP contribution in [-0.4, -0.2) is 39.3 Å². The number of hydrogen-bond acceptors (Lipinski definition) is 7. The van der Waals surface area contributed by atoms with Crippen LogP contribution in [-0.2, 0) is 13.1 Å². The van der Waals surface area contributed by atoms with Gasteiger partial charge >= 0.3 is 11.4 Å². The molecule has 0 saturated heterocycles. The highest BCUT2D eigenvalue weighted by Gasteiger charge is 2.13. The van der Waals surface area contributed by atoms with Crippen LogP contribution >= 0.6 is 0 Å². The average Bonchev–Trinajstić information content (AvgIpc) is 3.20. The molecular formula is C29H33N3O6. The molecule has 4 N–H and O–H groups in total. The molecule has 0 radical (unpaired) electrons. The molecule has 3 aromatic carbocycles. The third-order valence-corrected chi connectivity index (χ3v) is 6.54. The lowest BCUT2D eigenvalue weighted by Crippen LogP contribution is -2.17. The summed E-state index contributed by atoms with van der Waals surface area (Å²) in [5.74, 6) is -0.0214. The summed E-state index contributed by atoms with van der Waals surface area (Å²) in [7, 11) is 0. The Balaban J connectivity index is 1.44. The van der Waals surface area contributed by atoms with Gasteiger partial charge in [0.25, 0.3) is 0 Å². The van der Waals surface area contributed by atoms with Gasteiger partial charge in [0.05, 0.1) is 25.9 Å². The smallest absolute Gasteiger partial charge is 0.440 e. The Morgan fingerprint density at radius 2 is 1.76 bits per heavy atom. The minimum absolute atomic E-state index is 0.173. The van der Waals surface area contributed by atoms with E-state index in [9.17, 15) is 14.7 Å². The van der Waals surface area contributed by atoms with Crippen LogP contribution in [0, 0.1) is 20.8 Å². The first-order valence-corrected chi connectivity index (χ1v) is 12.5. The Morgan fingerprint density at radius 1 is 1.05 bits per heavy atom. The summed E-state index contributed by atoms with van der Waals surface area (Å²) in [5.41, 5.74) is 8.08. The molecule has 0 fully saturated rings. The molecule has 0 aliphatic carbocycles. The normalized spacial score (nSPS) is 11.9. The third kappa shape index (κ3) is 6.42. The molecular weight excluding hydrogens is 486 g/mol. The fourth-order valence-electron chi connectivity index (χ4n) is 4.49. The summed E-state index contributed by atoms with van der Waals surface area (Å²) >= 11 is 0. The van der Waals surface area contributed by atoms with Gasteiger partial charge in [0.2, 0.25) is 0 Å². The van der Waals surface area contributed by atoms with Crippen molar-refractivity contribution in [2.45, 2.75) is 46.4 Å². The highest BCUT2D eigenvalue weighted by molar-refractivity contribution is 5.75. The molecule has 0 unspecified atom stereocenters. The number of aryl methyl sites for hydroxylation is 2. The summed E-state index contributed by atoms with van der Waals surface area (Å²) in [5, 5.41) is 22.0. The quantitative estimate of drug-likeness (QED) is 0.239. The number of benzene rings is 3. The molecule has 9 nitrogen and oxygen atoms in total. The van der Waals surface area contributed by atoms with Crippen LogP contribution in [0.15, 0.2) is 68.7 Å². The van der Waals surface area contributed by atoms with Gasteiger partial charge in [-0.15, -0.1) is 4.74 Å². The molecule has 38 heavy (non-hydrogen) atoms. The molecule has 1 atom stereocenters. The van der Waals surface area contributed by atoms with Crippen molar-refractivity contribution in [3.63, 3.8) is 0 Å². The van der Waals surface area contributed by atoms with Crippen molar-refractivity contribution in [1.82, 2.24) is 9.72 Å². The molecule has 0 bridgehead atoms. The van der Waals surface area contributed by atoms with Gasteiger partial charge < -0.3 is 24.8 Å². The molecule has 1 heterocycles. The second-order valence-electron chi connectivity index (χ2n) is 9.39. The van der Waals surface area contributed by atoms with Crippen LogP contribution in [0.5, 0.6) is 5.75 Å². The predicted molar refractivity (Wildman–Crippen MR) is 146 cm³/mol. The molecule has 4 aromatic rings. The van der Waals surface area contributed by atoms with E-state index < -0.39 is 17.5 Å². The Bertz CT molecular complexity index is 1480. The highest BCUT2D eigenvalue weighted by atomic mass is 16.5. The van der Waals surface area contributed by atoms with Crippen molar-refractivity contribution in [3.8, 4) is 16.9 Å². The van der Waals surface area contributed by atoms with Gasteiger partial charge in [0.15, 0.2) is 0 Å². The van der Waals surface area contributed by atoms with Crippen molar-refractivity contribution in [2.24, 2.45) is 0 Å². The maximum Gasteiger partial charge on any atom is 0.440 e. The van der Waals surface area contributed by atoms with E-state index in [2.05, 4.69) is 49.3 Å². The fourth-order valence-corrected chi connectivity index (χ4v) is 4.49. The van der Waals surface area contributed by atoms with Crippen molar-refractivity contribution < 1.29 is 19.5 Å². The van der Waals surface area contributed by atoms with Crippen LogP contribution in [0.1, 0.15) is 34.2 Å². The number of hydrogen-bond donors (Lipinski definition) is 4. The molecule has 0 spiro atoms. The van der Waals surface area contributed by atoms with Gasteiger partial charge in [-0.1, -0.05) is 30.3 Å². The van der Waals surface area contributed by atoms with Gasteiger partial charge in [0.1, 0.15) is 5.75 Å². The maximum absolute atomic E-state index is 11.6. The molecule has 200 valence electrons. The van der Waals surface area contributed by atoms with Gasteiger partial charge in [-0.05, 0) is 84.0 Å². The lowest BCUT2D eigenvalue weighted by molar-refractivity contribution is 0.0754. The second-order valence-corrected chi connectivity index (χ2v) is 9.39. The Labute approximate surface area is 220 Å². The SMILES string of the molecule is Cc1cc(OCC[C@H](O)CO)cc(C)c1-c1cccc(CNc2ccc(Cn3oc(=O)[nH]c3=O)cc2)c1C.